The van der Waals surface area contributed by atoms with Crippen LogP contribution in [0.3, 0.4) is 0 Å². The first-order chi connectivity index (χ1) is 5.65. The van der Waals surface area contributed by atoms with Gasteiger partial charge in [0.15, 0.2) is 0 Å². The van der Waals surface area contributed by atoms with Crippen LogP contribution in [0.15, 0.2) is 18.7 Å². The molecule has 1 heterocycles. The molecule has 0 unspecified atom stereocenters. The predicted molar refractivity (Wildman–Crippen MR) is 49.9 cm³/mol. The first-order valence-electron chi connectivity index (χ1n) is 3.61. The maximum atomic E-state index is 5.58. The Morgan fingerprint density at radius 2 is 2.25 bits per heavy atom. The zero-order valence-electron chi connectivity index (χ0n) is 7.29. The Morgan fingerprint density at radius 3 is 2.75 bits per heavy atom. The molecule has 0 atom stereocenters. The molecule has 0 amide bonds. The first-order valence-corrected chi connectivity index (χ1v) is 3.61. The molecule has 0 aliphatic carbocycles. The Labute approximate surface area is 71.9 Å². The Bertz CT molecular complexity index is 307. The summed E-state index contributed by atoms with van der Waals surface area (Å²) in [5.41, 5.74) is 7.83. The van der Waals surface area contributed by atoms with Crippen LogP contribution >= 0.6 is 0 Å². The summed E-state index contributed by atoms with van der Waals surface area (Å²) in [5, 5.41) is 0. The SMILES string of the molecule is C=C(C)c1ccc(N)c(OC)n1. The van der Waals surface area contributed by atoms with Crippen molar-refractivity contribution in [3.8, 4) is 5.88 Å². The molecule has 0 saturated heterocycles. The van der Waals surface area contributed by atoms with Gasteiger partial charge in [-0.15, -0.1) is 0 Å². The Hall–Kier alpha value is -1.51. The fourth-order valence-corrected chi connectivity index (χ4v) is 0.852. The van der Waals surface area contributed by atoms with E-state index in [9.17, 15) is 0 Å². The Balaban J connectivity index is 3.13. The molecule has 1 rings (SSSR count). The third kappa shape index (κ3) is 1.56. The molecule has 1 aromatic heterocycles. The number of anilines is 1. The number of aromatic nitrogens is 1. The second-order valence-electron chi connectivity index (χ2n) is 2.58. The first kappa shape index (κ1) is 8.59. The van der Waals surface area contributed by atoms with Crippen molar-refractivity contribution in [1.29, 1.82) is 0 Å². The molecule has 0 aromatic carbocycles. The van der Waals surface area contributed by atoms with Crippen molar-refractivity contribution in [2.75, 3.05) is 12.8 Å². The minimum atomic E-state index is 0.454. The second-order valence-corrected chi connectivity index (χ2v) is 2.58. The maximum absolute atomic E-state index is 5.58. The average molecular weight is 164 g/mol. The lowest BCUT2D eigenvalue weighted by molar-refractivity contribution is 0.400. The van der Waals surface area contributed by atoms with Crippen molar-refractivity contribution in [2.45, 2.75) is 6.92 Å². The summed E-state index contributed by atoms with van der Waals surface area (Å²) in [6.45, 7) is 5.66. The van der Waals surface area contributed by atoms with E-state index in [0.717, 1.165) is 11.3 Å². The van der Waals surface area contributed by atoms with E-state index in [0.29, 0.717) is 11.6 Å². The highest BCUT2D eigenvalue weighted by atomic mass is 16.5. The average Bonchev–Trinajstić information content (AvgIpc) is 2.05. The second kappa shape index (κ2) is 3.26. The van der Waals surface area contributed by atoms with Crippen molar-refractivity contribution in [3.63, 3.8) is 0 Å². The summed E-state index contributed by atoms with van der Waals surface area (Å²) >= 11 is 0. The maximum Gasteiger partial charge on any atom is 0.237 e. The van der Waals surface area contributed by atoms with E-state index >= 15 is 0 Å². The summed E-state index contributed by atoms with van der Waals surface area (Å²) in [7, 11) is 1.54. The van der Waals surface area contributed by atoms with Crippen LogP contribution in [0.25, 0.3) is 5.57 Å². The molecule has 0 spiro atoms. The summed E-state index contributed by atoms with van der Waals surface area (Å²) < 4.78 is 4.96. The van der Waals surface area contributed by atoms with Gasteiger partial charge in [0.05, 0.1) is 18.5 Å². The molecule has 3 heteroatoms. The molecule has 0 saturated carbocycles. The fraction of sp³-hybridized carbons (Fsp3) is 0.222. The standard InChI is InChI=1S/C9H12N2O/c1-6(2)8-5-4-7(10)9(11-8)12-3/h4-5H,1,10H2,2-3H3. The van der Waals surface area contributed by atoms with E-state index in [1.807, 2.05) is 13.0 Å². The molecule has 64 valence electrons. The largest absolute Gasteiger partial charge is 0.480 e. The van der Waals surface area contributed by atoms with Gasteiger partial charge in [-0.1, -0.05) is 6.58 Å². The molecule has 1 aromatic rings. The van der Waals surface area contributed by atoms with Gasteiger partial charge in [0, 0.05) is 0 Å². The highest BCUT2D eigenvalue weighted by molar-refractivity contribution is 5.61. The third-order valence-electron chi connectivity index (χ3n) is 1.52. The number of ether oxygens (including phenoxy) is 1. The van der Waals surface area contributed by atoms with E-state index in [1.54, 1.807) is 13.2 Å². The van der Waals surface area contributed by atoms with Gasteiger partial charge in [-0.3, -0.25) is 0 Å². The smallest absolute Gasteiger partial charge is 0.237 e. The van der Waals surface area contributed by atoms with Crippen LogP contribution in [0, 0.1) is 0 Å². The molecule has 12 heavy (non-hydrogen) atoms. The number of pyridine rings is 1. The quantitative estimate of drug-likeness (QED) is 0.723. The lowest BCUT2D eigenvalue weighted by Crippen LogP contribution is -1.97. The highest BCUT2D eigenvalue weighted by Gasteiger charge is 2.02. The number of hydrogen-bond donors (Lipinski definition) is 1. The normalized spacial score (nSPS) is 9.50. The van der Waals surface area contributed by atoms with Gasteiger partial charge in [-0.05, 0) is 24.6 Å². The van der Waals surface area contributed by atoms with Crippen LogP contribution in [0.1, 0.15) is 12.6 Å². The molecule has 2 N–H and O–H groups in total. The predicted octanol–water partition coefficient (Wildman–Crippen LogP) is 1.71. The van der Waals surface area contributed by atoms with E-state index in [1.165, 1.54) is 0 Å². The van der Waals surface area contributed by atoms with Crippen LogP contribution in [0.5, 0.6) is 5.88 Å². The van der Waals surface area contributed by atoms with Crippen LogP contribution in [-0.2, 0) is 0 Å². The van der Waals surface area contributed by atoms with Crippen molar-refractivity contribution in [1.82, 2.24) is 4.98 Å². The van der Waals surface area contributed by atoms with Crippen molar-refractivity contribution in [2.24, 2.45) is 0 Å². The number of hydrogen-bond acceptors (Lipinski definition) is 3. The minimum Gasteiger partial charge on any atom is -0.480 e. The summed E-state index contributed by atoms with van der Waals surface area (Å²) in [4.78, 5) is 4.14. The molecular weight excluding hydrogens is 152 g/mol. The van der Waals surface area contributed by atoms with Gasteiger partial charge in [0.1, 0.15) is 0 Å². The molecule has 0 aliphatic heterocycles. The zero-order valence-corrected chi connectivity index (χ0v) is 7.29. The lowest BCUT2D eigenvalue weighted by Gasteiger charge is -2.05. The molecular formula is C9H12N2O. The van der Waals surface area contributed by atoms with Crippen LogP contribution in [0.2, 0.25) is 0 Å². The fourth-order valence-electron chi connectivity index (χ4n) is 0.852. The number of nitrogen functional groups attached to an aromatic ring is 1. The van der Waals surface area contributed by atoms with Crippen LogP contribution in [-0.4, -0.2) is 12.1 Å². The molecule has 0 bridgehead atoms. The van der Waals surface area contributed by atoms with Crippen LogP contribution in [0.4, 0.5) is 5.69 Å². The van der Waals surface area contributed by atoms with E-state index in [2.05, 4.69) is 11.6 Å². The minimum absolute atomic E-state index is 0.454. The zero-order chi connectivity index (χ0) is 9.14. The number of methoxy groups -OCH3 is 1. The van der Waals surface area contributed by atoms with Gasteiger partial charge in [-0.25, -0.2) is 4.98 Å². The lowest BCUT2D eigenvalue weighted by atomic mass is 10.2. The van der Waals surface area contributed by atoms with Crippen molar-refractivity contribution in [3.05, 3.63) is 24.4 Å². The number of rotatable bonds is 2. The van der Waals surface area contributed by atoms with Gasteiger partial charge in [-0.2, -0.15) is 0 Å². The Kier molecular flexibility index (Phi) is 2.33. The molecule has 3 nitrogen and oxygen atoms in total. The summed E-state index contributed by atoms with van der Waals surface area (Å²) in [5.74, 6) is 0.454. The molecule has 0 aliphatic rings. The molecule has 0 radical (unpaired) electrons. The highest BCUT2D eigenvalue weighted by Crippen LogP contribution is 2.20. The van der Waals surface area contributed by atoms with Gasteiger partial charge >= 0.3 is 0 Å². The third-order valence-corrected chi connectivity index (χ3v) is 1.52. The number of nitrogens with zero attached hydrogens (tertiary/aromatic N) is 1. The van der Waals surface area contributed by atoms with Gasteiger partial charge in [0.25, 0.3) is 0 Å². The van der Waals surface area contributed by atoms with Crippen LogP contribution < -0.4 is 10.5 Å². The monoisotopic (exact) mass is 164 g/mol. The van der Waals surface area contributed by atoms with Gasteiger partial charge < -0.3 is 10.5 Å². The van der Waals surface area contributed by atoms with Gasteiger partial charge in [0.2, 0.25) is 5.88 Å². The van der Waals surface area contributed by atoms with Crippen molar-refractivity contribution >= 4 is 11.3 Å². The van der Waals surface area contributed by atoms with E-state index < -0.39 is 0 Å². The summed E-state index contributed by atoms with van der Waals surface area (Å²) in [6.07, 6.45) is 0. The topological polar surface area (TPSA) is 48.1 Å². The Morgan fingerprint density at radius 1 is 1.58 bits per heavy atom. The van der Waals surface area contributed by atoms with Crippen molar-refractivity contribution < 1.29 is 4.74 Å². The number of nitrogens with two attached hydrogens (primary N) is 1. The number of allylic oxidation sites excluding steroid dienone is 1. The summed E-state index contributed by atoms with van der Waals surface area (Å²) in [6, 6.07) is 3.58. The van der Waals surface area contributed by atoms with E-state index in [-0.39, 0.29) is 0 Å². The molecule has 0 fully saturated rings. The van der Waals surface area contributed by atoms with E-state index in [4.69, 9.17) is 10.5 Å².